The summed E-state index contributed by atoms with van der Waals surface area (Å²) in [5, 5.41) is 18.1. The molecule has 0 spiro atoms. The number of primary sulfonamides is 1. The second-order valence-corrected chi connectivity index (χ2v) is 10.1. The van der Waals surface area contributed by atoms with Crippen LogP contribution in [0, 0.1) is 13.8 Å². The first-order valence-corrected chi connectivity index (χ1v) is 12.1. The fraction of sp³-hybridized carbons (Fsp3) is 0.130. The van der Waals surface area contributed by atoms with E-state index in [1.54, 1.807) is 24.3 Å². The van der Waals surface area contributed by atoms with Crippen molar-refractivity contribution in [3.05, 3.63) is 87.1 Å². The van der Waals surface area contributed by atoms with Crippen LogP contribution in [0.5, 0.6) is 0 Å². The molecule has 0 bridgehead atoms. The Morgan fingerprint density at radius 2 is 1.72 bits per heavy atom. The van der Waals surface area contributed by atoms with E-state index in [-0.39, 0.29) is 16.2 Å². The molecule has 164 valence electrons. The van der Waals surface area contributed by atoms with Crippen molar-refractivity contribution in [2.75, 3.05) is 4.90 Å². The van der Waals surface area contributed by atoms with Crippen molar-refractivity contribution in [2.45, 2.75) is 24.8 Å². The van der Waals surface area contributed by atoms with Gasteiger partial charge in [0.05, 0.1) is 10.5 Å². The van der Waals surface area contributed by atoms with Gasteiger partial charge in [0.25, 0.3) is 11.7 Å². The highest BCUT2D eigenvalue weighted by molar-refractivity contribution is 7.89. The van der Waals surface area contributed by atoms with Gasteiger partial charge in [-0.15, -0.1) is 11.3 Å². The van der Waals surface area contributed by atoms with Crippen LogP contribution in [0.25, 0.3) is 5.76 Å². The van der Waals surface area contributed by atoms with E-state index in [9.17, 15) is 23.1 Å². The molecule has 1 atom stereocenters. The zero-order chi connectivity index (χ0) is 23.2. The van der Waals surface area contributed by atoms with Gasteiger partial charge in [-0.25, -0.2) is 13.6 Å². The average Bonchev–Trinajstić information content (AvgIpc) is 3.36. The monoisotopic (exact) mass is 468 g/mol. The first-order valence-electron chi connectivity index (χ1n) is 9.64. The standard InChI is InChI=1S/C23H20N2O5S2/c1-13-5-6-15(12-14(13)2)21(26)19-20(18-4-3-11-31-18)25(23(28)22(19)27)16-7-9-17(10-8-16)32(24,29)30/h3-12,20,26H,1-2H3,(H2,24,29,30)/b21-19-. The molecule has 1 aliphatic rings. The molecule has 1 aromatic heterocycles. The Bertz CT molecular complexity index is 1360. The molecule has 1 aliphatic heterocycles. The number of nitrogens with two attached hydrogens (primary N) is 1. The number of carbonyl (C=O) groups is 2. The van der Waals surface area contributed by atoms with Gasteiger partial charge in [-0.2, -0.15) is 0 Å². The van der Waals surface area contributed by atoms with Gasteiger partial charge in [-0.05, 0) is 66.8 Å². The molecule has 4 rings (SSSR count). The van der Waals surface area contributed by atoms with Gasteiger partial charge in [-0.3, -0.25) is 14.5 Å². The van der Waals surface area contributed by atoms with Crippen molar-refractivity contribution in [1.29, 1.82) is 0 Å². The number of anilines is 1. The summed E-state index contributed by atoms with van der Waals surface area (Å²) in [6, 6.07) is 13.4. The summed E-state index contributed by atoms with van der Waals surface area (Å²) in [6.07, 6.45) is 0. The third-order valence-corrected chi connectivity index (χ3v) is 7.33. The fourth-order valence-corrected chi connectivity index (χ4v) is 4.99. The van der Waals surface area contributed by atoms with Gasteiger partial charge in [0, 0.05) is 16.1 Å². The minimum atomic E-state index is -3.91. The lowest BCUT2D eigenvalue weighted by atomic mass is 9.97. The van der Waals surface area contributed by atoms with E-state index < -0.39 is 27.8 Å². The first-order chi connectivity index (χ1) is 15.1. The van der Waals surface area contributed by atoms with E-state index in [0.717, 1.165) is 11.1 Å². The highest BCUT2D eigenvalue weighted by Crippen LogP contribution is 2.43. The molecule has 9 heteroatoms. The second-order valence-electron chi connectivity index (χ2n) is 7.52. The SMILES string of the molecule is Cc1ccc(/C(O)=C2/C(=O)C(=O)N(c3ccc(S(N)(=O)=O)cc3)C2c2cccs2)cc1C. The molecule has 1 amide bonds. The van der Waals surface area contributed by atoms with Crippen LogP contribution in [-0.2, 0) is 19.6 Å². The van der Waals surface area contributed by atoms with Gasteiger partial charge < -0.3 is 5.11 Å². The van der Waals surface area contributed by atoms with Crippen LogP contribution in [0.4, 0.5) is 5.69 Å². The Hall–Kier alpha value is -3.27. The van der Waals surface area contributed by atoms with Crippen molar-refractivity contribution in [2.24, 2.45) is 5.14 Å². The van der Waals surface area contributed by atoms with Gasteiger partial charge in [0.15, 0.2) is 0 Å². The maximum Gasteiger partial charge on any atom is 0.300 e. The predicted molar refractivity (Wildman–Crippen MR) is 123 cm³/mol. The summed E-state index contributed by atoms with van der Waals surface area (Å²) in [6.45, 7) is 3.84. The molecule has 3 N–H and O–H groups in total. The van der Waals surface area contributed by atoms with Crippen molar-refractivity contribution in [3.8, 4) is 0 Å². The van der Waals surface area contributed by atoms with E-state index in [1.807, 2.05) is 25.3 Å². The van der Waals surface area contributed by atoms with E-state index in [2.05, 4.69) is 0 Å². The molecular weight excluding hydrogens is 448 g/mol. The Morgan fingerprint density at radius 1 is 1.03 bits per heavy atom. The van der Waals surface area contributed by atoms with Crippen LogP contribution in [0.2, 0.25) is 0 Å². The van der Waals surface area contributed by atoms with E-state index >= 15 is 0 Å². The minimum Gasteiger partial charge on any atom is -0.507 e. The van der Waals surface area contributed by atoms with Crippen LogP contribution in [-0.4, -0.2) is 25.2 Å². The first kappa shape index (κ1) is 21.9. The summed E-state index contributed by atoms with van der Waals surface area (Å²) in [5.74, 6) is -1.87. The number of aliphatic hydroxyl groups is 1. The van der Waals surface area contributed by atoms with Crippen LogP contribution >= 0.6 is 11.3 Å². The zero-order valence-electron chi connectivity index (χ0n) is 17.3. The van der Waals surface area contributed by atoms with Gasteiger partial charge >= 0.3 is 0 Å². The number of thiophene rings is 1. The summed E-state index contributed by atoms with van der Waals surface area (Å²) in [7, 11) is -3.91. The molecule has 3 aromatic rings. The molecule has 0 aliphatic carbocycles. The Kier molecular flexibility index (Phi) is 5.49. The topological polar surface area (TPSA) is 118 Å². The Balaban J connectivity index is 1.89. The number of benzene rings is 2. The average molecular weight is 469 g/mol. The molecular formula is C23H20N2O5S2. The number of amides is 1. The third kappa shape index (κ3) is 3.75. The largest absolute Gasteiger partial charge is 0.507 e. The molecule has 1 fully saturated rings. The highest BCUT2D eigenvalue weighted by Gasteiger charge is 2.47. The van der Waals surface area contributed by atoms with Crippen molar-refractivity contribution in [3.63, 3.8) is 0 Å². The zero-order valence-corrected chi connectivity index (χ0v) is 18.9. The Labute approximate surface area is 189 Å². The number of Topliss-reactive ketones (excluding diaryl/α,β-unsaturated/α-hetero) is 1. The number of aryl methyl sites for hydroxylation is 2. The second kappa shape index (κ2) is 8.01. The summed E-state index contributed by atoms with van der Waals surface area (Å²) in [4.78, 5) is 28.0. The van der Waals surface area contributed by atoms with Crippen molar-refractivity contribution >= 4 is 44.5 Å². The maximum absolute atomic E-state index is 13.1. The lowest BCUT2D eigenvalue weighted by Gasteiger charge is -2.24. The Morgan fingerprint density at radius 3 is 2.28 bits per heavy atom. The highest BCUT2D eigenvalue weighted by atomic mass is 32.2. The molecule has 2 aromatic carbocycles. The summed E-state index contributed by atoms with van der Waals surface area (Å²) in [5.41, 5.74) is 2.71. The minimum absolute atomic E-state index is 0.0174. The van der Waals surface area contributed by atoms with Crippen LogP contribution in [0.15, 0.2) is 70.4 Å². The molecule has 0 saturated carbocycles. The number of ketones is 1. The normalized spacial score (nSPS) is 18.3. The van der Waals surface area contributed by atoms with Crippen molar-refractivity contribution in [1.82, 2.24) is 0 Å². The van der Waals surface area contributed by atoms with E-state index in [4.69, 9.17) is 5.14 Å². The quantitative estimate of drug-likeness (QED) is 0.344. The van der Waals surface area contributed by atoms with E-state index in [0.29, 0.717) is 16.1 Å². The number of nitrogens with zero attached hydrogens (tertiary/aromatic N) is 1. The molecule has 7 nitrogen and oxygen atoms in total. The number of hydrogen-bond donors (Lipinski definition) is 2. The number of aliphatic hydroxyl groups excluding tert-OH is 1. The predicted octanol–water partition coefficient (Wildman–Crippen LogP) is 3.64. The summed E-state index contributed by atoms with van der Waals surface area (Å²) < 4.78 is 23.2. The maximum atomic E-state index is 13.1. The van der Waals surface area contributed by atoms with Crippen LogP contribution in [0.1, 0.15) is 27.6 Å². The number of hydrogen-bond acceptors (Lipinski definition) is 6. The van der Waals surface area contributed by atoms with Crippen molar-refractivity contribution < 1.29 is 23.1 Å². The molecule has 32 heavy (non-hydrogen) atoms. The third-order valence-electron chi connectivity index (χ3n) is 5.48. The van der Waals surface area contributed by atoms with Gasteiger partial charge in [0.2, 0.25) is 10.0 Å². The molecule has 1 unspecified atom stereocenters. The van der Waals surface area contributed by atoms with Crippen LogP contribution in [0.3, 0.4) is 0 Å². The van der Waals surface area contributed by atoms with Gasteiger partial charge in [-0.1, -0.05) is 18.2 Å². The number of carbonyl (C=O) groups excluding carboxylic acids is 2. The van der Waals surface area contributed by atoms with E-state index in [1.165, 1.54) is 40.5 Å². The summed E-state index contributed by atoms with van der Waals surface area (Å²) >= 11 is 1.34. The molecule has 0 radical (unpaired) electrons. The fourth-order valence-electron chi connectivity index (χ4n) is 3.66. The lowest BCUT2D eigenvalue weighted by molar-refractivity contribution is -0.132. The lowest BCUT2D eigenvalue weighted by Crippen LogP contribution is -2.29. The van der Waals surface area contributed by atoms with Crippen LogP contribution < -0.4 is 10.0 Å². The number of sulfonamides is 1. The van der Waals surface area contributed by atoms with Gasteiger partial charge in [0.1, 0.15) is 11.8 Å². The smallest absolute Gasteiger partial charge is 0.300 e. The number of rotatable bonds is 4. The molecule has 2 heterocycles. The molecule has 1 saturated heterocycles.